The van der Waals surface area contributed by atoms with Crippen LogP contribution in [0.4, 0.5) is 0 Å². The van der Waals surface area contributed by atoms with Crippen LogP contribution in [-0.2, 0) is 27.4 Å². The summed E-state index contributed by atoms with van der Waals surface area (Å²) in [4.78, 5) is 3.14. The molecular formula is C32H53Cl2NSiZr. The van der Waals surface area contributed by atoms with Crippen LogP contribution in [0, 0.1) is 44.4 Å². The summed E-state index contributed by atoms with van der Waals surface area (Å²) in [5.74, 6) is 5.06. The van der Waals surface area contributed by atoms with Crippen molar-refractivity contribution in [3.8, 4) is 0 Å². The molecule has 1 aliphatic heterocycles. The Hall–Kier alpha value is 0.860. The summed E-state index contributed by atoms with van der Waals surface area (Å²) in [6.45, 7) is 9.55. The van der Waals surface area contributed by atoms with E-state index < -0.39 is 28.9 Å². The van der Waals surface area contributed by atoms with Gasteiger partial charge in [0.15, 0.2) is 0 Å². The molecule has 5 aliphatic rings. The molecule has 8 unspecified atom stereocenters. The molecule has 0 amide bonds. The molecule has 5 heteroatoms. The van der Waals surface area contributed by atoms with Gasteiger partial charge in [0.05, 0.1) is 8.07 Å². The Balaban J connectivity index is 0.000000727. The van der Waals surface area contributed by atoms with Gasteiger partial charge in [-0.05, 0) is 71.9 Å². The van der Waals surface area contributed by atoms with Gasteiger partial charge in [0, 0.05) is 18.6 Å². The molecule has 4 aliphatic carbocycles. The Morgan fingerprint density at radius 3 is 2.08 bits per heavy atom. The molecule has 37 heavy (non-hydrogen) atoms. The van der Waals surface area contributed by atoms with Gasteiger partial charge < -0.3 is 14.9 Å². The molecule has 0 radical (unpaired) electrons. The summed E-state index contributed by atoms with van der Waals surface area (Å²) < 4.78 is 0. The third-order valence-corrected chi connectivity index (χ3v) is 16.7. The van der Waals surface area contributed by atoms with Gasteiger partial charge in [0.1, 0.15) is 0 Å². The van der Waals surface area contributed by atoms with Gasteiger partial charge >= 0.3 is 37.9 Å². The summed E-state index contributed by atoms with van der Waals surface area (Å²) in [6, 6.07) is 13.3. The average Bonchev–Trinajstić information content (AvgIpc) is 3.57. The van der Waals surface area contributed by atoms with Gasteiger partial charge in [-0.15, -0.1) is 0 Å². The molecule has 0 spiro atoms. The fourth-order valence-corrected chi connectivity index (χ4v) is 15.7. The summed E-state index contributed by atoms with van der Waals surface area (Å²) in [6.07, 6.45) is 16.8. The zero-order valence-corrected chi connectivity index (χ0v) is 29.2. The monoisotopic (exact) mass is 639 g/mol. The molecule has 1 heterocycles. The first-order valence-electron chi connectivity index (χ1n) is 14.7. The van der Waals surface area contributed by atoms with Crippen molar-refractivity contribution in [2.24, 2.45) is 29.6 Å². The van der Waals surface area contributed by atoms with Crippen LogP contribution in [0.5, 0.6) is 0 Å². The Kier molecular flexibility index (Phi) is 12.4. The summed E-state index contributed by atoms with van der Waals surface area (Å²) >= 11 is -0.826. The van der Waals surface area contributed by atoms with Crippen molar-refractivity contribution in [3.63, 3.8) is 0 Å². The van der Waals surface area contributed by atoms with Crippen LogP contribution in [-0.4, -0.2) is 25.1 Å². The van der Waals surface area contributed by atoms with Crippen LogP contribution in [0.3, 0.4) is 0 Å². The van der Waals surface area contributed by atoms with Gasteiger partial charge in [-0.2, -0.15) is 0 Å². The van der Waals surface area contributed by atoms with Crippen LogP contribution in [0.15, 0.2) is 30.3 Å². The zero-order valence-electron chi connectivity index (χ0n) is 24.3. The number of nitrogens with zero attached hydrogens (tertiary/aromatic N) is 1. The van der Waals surface area contributed by atoms with E-state index in [0.717, 1.165) is 52.8 Å². The van der Waals surface area contributed by atoms with E-state index in [4.69, 9.17) is 17.0 Å². The van der Waals surface area contributed by atoms with E-state index in [1.165, 1.54) is 57.9 Å². The number of fused-ring (bicyclic) bond motifs is 5. The van der Waals surface area contributed by atoms with E-state index in [2.05, 4.69) is 55.2 Å². The van der Waals surface area contributed by atoms with Crippen LogP contribution >= 0.6 is 17.0 Å². The van der Waals surface area contributed by atoms with Crippen LogP contribution in [0.25, 0.3) is 0 Å². The predicted molar refractivity (Wildman–Crippen MR) is 163 cm³/mol. The molecule has 0 aromatic heterocycles. The van der Waals surface area contributed by atoms with E-state index in [1.807, 2.05) is 0 Å². The molecule has 1 saturated heterocycles. The Morgan fingerprint density at radius 2 is 1.43 bits per heavy atom. The molecule has 4 saturated carbocycles. The maximum atomic E-state index is 4.93. The zero-order chi connectivity index (χ0) is 24.6. The van der Waals surface area contributed by atoms with Gasteiger partial charge in [-0.1, -0.05) is 95.3 Å². The molecule has 1 aromatic carbocycles. The number of hydrogen-bond acceptors (Lipinski definition) is 1. The summed E-state index contributed by atoms with van der Waals surface area (Å²) in [7, 11) is 8.59. The quantitative estimate of drug-likeness (QED) is 0.234. The third kappa shape index (κ3) is 6.37. The van der Waals surface area contributed by atoms with Crippen molar-refractivity contribution < 1.29 is 20.8 Å². The van der Waals surface area contributed by atoms with E-state index >= 15 is 0 Å². The van der Waals surface area contributed by atoms with Gasteiger partial charge in [0.2, 0.25) is 0 Å². The standard InChI is InChI=1S/C30H47NSi.2CH3.2ClH.Zr/c1-21-17-18-27-26(19-21)28-29(31(27)20-22-11-5-4-6-12-22)24-15-9-10-16-25(24)30(28)32(2,3)23-13-7-8-14-23;;;;;/h4-6,11-12,21,23-30H,7-10,13-20H2,1-3H3;2*1H3;2*1H;/q;2*-1;;;+4/p-2. The number of likely N-dealkylation sites (tertiary alicyclic amines) is 1. The third-order valence-electron chi connectivity index (χ3n) is 11.5. The van der Waals surface area contributed by atoms with Gasteiger partial charge in [0.25, 0.3) is 0 Å². The second-order valence-electron chi connectivity index (χ2n) is 13.4. The maximum absolute atomic E-state index is 4.93. The normalized spacial score (nSPS) is 37.1. The van der Waals surface area contributed by atoms with Crippen molar-refractivity contribution in [1.82, 2.24) is 4.90 Å². The average molecular weight is 642 g/mol. The number of halogens is 2. The fraction of sp³-hybridized carbons (Fsp3) is 0.750. The molecule has 208 valence electrons. The topological polar surface area (TPSA) is 3.24 Å². The van der Waals surface area contributed by atoms with E-state index in [1.54, 1.807) is 24.8 Å². The Labute approximate surface area is 249 Å². The van der Waals surface area contributed by atoms with Gasteiger partial charge in [-0.25, -0.2) is 0 Å². The van der Waals surface area contributed by atoms with Crippen LogP contribution < -0.4 is 0 Å². The van der Waals surface area contributed by atoms with Crippen molar-refractivity contribution >= 4 is 25.1 Å². The first-order chi connectivity index (χ1) is 17.0. The Bertz CT molecular complexity index is 816. The SMILES string of the molecule is CC1CCC2C(C1)C1C(C3CCCCC3C1[Si](C)(C)C1CCCC1)N2Cc1ccccc1.[CH3-].[CH3-].[Cl][Zr+2][Cl]. The second-order valence-corrected chi connectivity index (χ2v) is 22.2. The first kappa shape index (κ1) is 32.4. The van der Waals surface area contributed by atoms with E-state index in [0.29, 0.717) is 0 Å². The first-order valence-corrected chi connectivity index (χ1v) is 24.2. The number of rotatable bonds is 4. The van der Waals surface area contributed by atoms with Crippen molar-refractivity contribution in [3.05, 3.63) is 50.7 Å². The van der Waals surface area contributed by atoms with Crippen LogP contribution in [0.2, 0.25) is 24.2 Å². The fourth-order valence-electron chi connectivity index (χ4n) is 10.3. The number of benzene rings is 1. The molecular weight excluding hydrogens is 589 g/mol. The summed E-state index contributed by atoms with van der Waals surface area (Å²) in [5, 5.41) is 0. The molecule has 5 fully saturated rings. The molecule has 0 bridgehead atoms. The van der Waals surface area contributed by atoms with Gasteiger partial charge in [-0.3, -0.25) is 4.90 Å². The molecule has 6 rings (SSSR count). The van der Waals surface area contributed by atoms with Crippen molar-refractivity contribution in [1.29, 1.82) is 0 Å². The van der Waals surface area contributed by atoms with E-state index in [9.17, 15) is 0 Å². The van der Waals surface area contributed by atoms with Crippen LogP contribution in [0.1, 0.15) is 83.1 Å². The van der Waals surface area contributed by atoms with E-state index in [-0.39, 0.29) is 14.9 Å². The predicted octanol–water partition coefficient (Wildman–Crippen LogP) is 10.4. The molecule has 1 aromatic rings. The van der Waals surface area contributed by atoms with Crippen molar-refractivity contribution in [2.75, 3.05) is 0 Å². The molecule has 0 N–H and O–H groups in total. The molecule has 8 atom stereocenters. The molecule has 1 nitrogen and oxygen atoms in total. The number of hydrogen-bond donors (Lipinski definition) is 0. The summed E-state index contributed by atoms with van der Waals surface area (Å²) in [5.41, 5.74) is 3.80. The minimum absolute atomic E-state index is 0. The minimum atomic E-state index is -1.28. The van der Waals surface area contributed by atoms with Crippen molar-refractivity contribution in [2.45, 2.75) is 120 Å². The Morgan fingerprint density at radius 1 is 0.838 bits per heavy atom. The second kappa shape index (κ2) is 14.2.